The zero-order chi connectivity index (χ0) is 20.3. The molecule has 0 aliphatic carbocycles. The van der Waals surface area contributed by atoms with Gasteiger partial charge in [0.25, 0.3) is 0 Å². The number of rotatable bonds is 7. The van der Waals surface area contributed by atoms with Gasteiger partial charge in [0.15, 0.2) is 11.5 Å². The van der Waals surface area contributed by atoms with E-state index in [9.17, 15) is 4.39 Å². The predicted octanol–water partition coefficient (Wildman–Crippen LogP) is 5.14. The van der Waals surface area contributed by atoms with Gasteiger partial charge >= 0.3 is 0 Å². The molecule has 28 heavy (non-hydrogen) atoms. The van der Waals surface area contributed by atoms with Crippen LogP contribution in [0.2, 0.25) is 5.02 Å². The number of ether oxygens (including phenoxy) is 2. The van der Waals surface area contributed by atoms with E-state index in [0.29, 0.717) is 33.7 Å². The van der Waals surface area contributed by atoms with E-state index in [4.69, 9.17) is 33.3 Å². The van der Waals surface area contributed by atoms with E-state index in [0.717, 1.165) is 10.0 Å². The quantitative estimate of drug-likeness (QED) is 0.452. The molecule has 1 heterocycles. The molecule has 148 valence electrons. The number of aromatic amines is 1. The fourth-order valence-corrected chi connectivity index (χ4v) is 3.51. The summed E-state index contributed by atoms with van der Waals surface area (Å²) in [6, 6.07) is 8.12. The van der Waals surface area contributed by atoms with E-state index in [1.165, 1.54) is 6.07 Å². The molecule has 2 aromatic carbocycles. The minimum absolute atomic E-state index is 0.0461. The molecule has 6 nitrogen and oxygen atoms in total. The lowest BCUT2D eigenvalue weighted by atomic mass is 10.1. The molecule has 3 rings (SSSR count). The minimum Gasteiger partial charge on any atom is -0.493 e. The maximum atomic E-state index is 14.1. The molecule has 3 aromatic rings. The molecule has 1 aromatic heterocycles. The second kappa shape index (κ2) is 8.93. The third kappa shape index (κ3) is 4.31. The highest BCUT2D eigenvalue weighted by Gasteiger charge is 2.17. The van der Waals surface area contributed by atoms with Gasteiger partial charge in [-0.1, -0.05) is 33.6 Å². The van der Waals surface area contributed by atoms with Crippen molar-refractivity contribution in [2.75, 3.05) is 12.5 Å². The molecule has 0 atom stereocenters. The Kier molecular flexibility index (Phi) is 6.58. The number of aryl methyl sites for hydroxylation is 1. The summed E-state index contributed by atoms with van der Waals surface area (Å²) in [4.78, 5) is 0. The second-order valence-corrected chi connectivity index (χ2v) is 7.44. The zero-order valence-corrected chi connectivity index (χ0v) is 18.2. The Bertz CT molecular complexity index is 1040. The van der Waals surface area contributed by atoms with Crippen molar-refractivity contribution in [1.29, 1.82) is 0 Å². The predicted molar refractivity (Wildman–Crippen MR) is 112 cm³/mol. The average Bonchev–Trinajstić information content (AvgIpc) is 2.98. The Labute approximate surface area is 179 Å². The standard InChI is InChI=1S/C18H17BrClFN4O2S/c1-10-23-24-18(28)25(10)22-8-11-13(19)6-7-16(26-2)17(11)27-9-12-14(20)4-3-5-15(12)21/h3-7,22H,8-9H2,1-2H3,(H,24,28). The van der Waals surface area contributed by atoms with E-state index in [-0.39, 0.29) is 12.2 Å². The van der Waals surface area contributed by atoms with Gasteiger partial charge in [-0.15, -0.1) is 0 Å². The monoisotopic (exact) mass is 486 g/mol. The van der Waals surface area contributed by atoms with Gasteiger partial charge in [-0.3, -0.25) is 5.10 Å². The summed E-state index contributed by atoms with van der Waals surface area (Å²) in [5, 5.41) is 7.08. The number of nitrogens with one attached hydrogen (secondary N) is 2. The van der Waals surface area contributed by atoms with Crippen LogP contribution in [0.15, 0.2) is 34.8 Å². The highest BCUT2D eigenvalue weighted by Crippen LogP contribution is 2.37. The van der Waals surface area contributed by atoms with Gasteiger partial charge in [0.1, 0.15) is 18.2 Å². The highest BCUT2D eigenvalue weighted by molar-refractivity contribution is 9.10. The summed E-state index contributed by atoms with van der Waals surface area (Å²) in [7, 11) is 1.54. The molecule has 0 saturated carbocycles. The number of hydrogen-bond acceptors (Lipinski definition) is 5. The van der Waals surface area contributed by atoms with Crippen LogP contribution in [0.4, 0.5) is 4.39 Å². The van der Waals surface area contributed by atoms with E-state index < -0.39 is 5.82 Å². The summed E-state index contributed by atoms with van der Waals surface area (Å²) >= 11 is 14.8. The van der Waals surface area contributed by atoms with Crippen molar-refractivity contribution >= 4 is 39.7 Å². The van der Waals surface area contributed by atoms with Gasteiger partial charge in [-0.2, -0.15) is 5.10 Å². The Hall–Kier alpha value is -2.10. The molecular formula is C18H17BrClFN4O2S. The number of benzene rings is 2. The first kappa shape index (κ1) is 20.6. The molecule has 0 fully saturated rings. The summed E-state index contributed by atoms with van der Waals surface area (Å²) in [5.74, 6) is 1.24. The third-order valence-electron chi connectivity index (χ3n) is 4.06. The summed E-state index contributed by atoms with van der Waals surface area (Å²) < 4.78 is 28.4. The van der Waals surface area contributed by atoms with Crippen LogP contribution in [0.1, 0.15) is 17.0 Å². The van der Waals surface area contributed by atoms with Crippen LogP contribution in [0.5, 0.6) is 11.5 Å². The highest BCUT2D eigenvalue weighted by atomic mass is 79.9. The topological polar surface area (TPSA) is 64.1 Å². The minimum atomic E-state index is -0.429. The zero-order valence-electron chi connectivity index (χ0n) is 15.1. The SMILES string of the molecule is COc1ccc(Br)c(CNn2c(C)n[nH]c2=S)c1OCc1c(F)cccc1Cl. The molecule has 0 aliphatic heterocycles. The molecule has 0 spiro atoms. The van der Waals surface area contributed by atoms with Crippen molar-refractivity contribution in [3.05, 3.63) is 67.4 Å². The second-order valence-electron chi connectivity index (χ2n) is 5.79. The van der Waals surface area contributed by atoms with Crippen molar-refractivity contribution in [1.82, 2.24) is 14.9 Å². The molecule has 0 radical (unpaired) electrons. The molecule has 0 amide bonds. The number of H-pyrrole nitrogens is 1. The fourth-order valence-electron chi connectivity index (χ4n) is 2.60. The molecule has 0 aliphatic rings. The van der Waals surface area contributed by atoms with Crippen LogP contribution in [0.3, 0.4) is 0 Å². The summed E-state index contributed by atoms with van der Waals surface area (Å²) in [5.41, 5.74) is 4.23. The van der Waals surface area contributed by atoms with Gasteiger partial charge in [0, 0.05) is 15.6 Å². The van der Waals surface area contributed by atoms with Gasteiger partial charge in [0.2, 0.25) is 4.77 Å². The molecule has 0 saturated heterocycles. The van der Waals surface area contributed by atoms with Crippen LogP contribution in [-0.2, 0) is 13.2 Å². The first-order valence-corrected chi connectivity index (χ1v) is 9.79. The van der Waals surface area contributed by atoms with Crippen LogP contribution in [0, 0.1) is 17.5 Å². The summed E-state index contributed by atoms with van der Waals surface area (Å²) in [6.07, 6.45) is 0. The van der Waals surface area contributed by atoms with Gasteiger partial charge in [-0.25, -0.2) is 9.07 Å². The van der Waals surface area contributed by atoms with Crippen molar-refractivity contribution in [3.63, 3.8) is 0 Å². The van der Waals surface area contributed by atoms with E-state index in [2.05, 4.69) is 31.6 Å². The Morgan fingerprint density at radius 3 is 2.75 bits per heavy atom. The molecule has 10 heteroatoms. The van der Waals surface area contributed by atoms with Crippen LogP contribution in [0.25, 0.3) is 0 Å². The van der Waals surface area contributed by atoms with E-state index in [1.54, 1.807) is 30.0 Å². The van der Waals surface area contributed by atoms with Crippen molar-refractivity contribution < 1.29 is 13.9 Å². The number of halogens is 3. The van der Waals surface area contributed by atoms with Crippen LogP contribution >= 0.6 is 39.7 Å². The number of aromatic nitrogens is 3. The molecule has 0 bridgehead atoms. The lowest BCUT2D eigenvalue weighted by Gasteiger charge is -2.18. The van der Waals surface area contributed by atoms with Gasteiger partial charge in [-0.05, 0) is 43.4 Å². The third-order valence-corrected chi connectivity index (χ3v) is 5.43. The largest absolute Gasteiger partial charge is 0.493 e. The Morgan fingerprint density at radius 2 is 2.11 bits per heavy atom. The normalized spacial score (nSPS) is 10.8. The van der Waals surface area contributed by atoms with Crippen molar-refractivity contribution in [2.24, 2.45) is 0 Å². The lowest BCUT2D eigenvalue weighted by Crippen LogP contribution is -2.17. The van der Waals surface area contributed by atoms with Crippen LogP contribution in [-0.4, -0.2) is 22.0 Å². The molecule has 0 unspecified atom stereocenters. The Morgan fingerprint density at radius 1 is 1.32 bits per heavy atom. The molecule has 2 N–H and O–H groups in total. The van der Waals surface area contributed by atoms with E-state index >= 15 is 0 Å². The van der Waals surface area contributed by atoms with Crippen molar-refractivity contribution in [2.45, 2.75) is 20.1 Å². The maximum absolute atomic E-state index is 14.1. The van der Waals surface area contributed by atoms with E-state index in [1.807, 2.05) is 13.0 Å². The van der Waals surface area contributed by atoms with Crippen LogP contribution < -0.4 is 14.9 Å². The number of nitrogens with zero attached hydrogens (tertiary/aromatic N) is 2. The lowest BCUT2D eigenvalue weighted by molar-refractivity contribution is 0.276. The summed E-state index contributed by atoms with van der Waals surface area (Å²) in [6.45, 7) is 2.12. The fraction of sp³-hybridized carbons (Fsp3) is 0.222. The average molecular weight is 488 g/mol. The smallest absolute Gasteiger partial charge is 0.214 e. The first-order chi connectivity index (χ1) is 13.4. The van der Waals surface area contributed by atoms with Gasteiger partial charge < -0.3 is 14.9 Å². The number of hydrogen-bond donors (Lipinski definition) is 2. The first-order valence-electron chi connectivity index (χ1n) is 8.21. The molecular weight excluding hydrogens is 471 g/mol. The maximum Gasteiger partial charge on any atom is 0.214 e. The Balaban J connectivity index is 1.91. The van der Waals surface area contributed by atoms with Gasteiger partial charge in [0.05, 0.1) is 18.7 Å². The number of methoxy groups -OCH3 is 1. The van der Waals surface area contributed by atoms with Crippen molar-refractivity contribution in [3.8, 4) is 11.5 Å².